The van der Waals surface area contributed by atoms with Gasteiger partial charge in [-0.15, -0.1) is 0 Å². The van der Waals surface area contributed by atoms with Gasteiger partial charge in [0.05, 0.1) is 6.26 Å². The molecule has 3 nitrogen and oxygen atoms in total. The molecular formula is C9H12O3. The van der Waals surface area contributed by atoms with E-state index in [-0.39, 0.29) is 6.10 Å². The summed E-state index contributed by atoms with van der Waals surface area (Å²) in [6.45, 7) is 3.61. The van der Waals surface area contributed by atoms with Crippen LogP contribution in [0.25, 0.3) is 0 Å². The Bertz CT molecular complexity index is 196. The van der Waals surface area contributed by atoms with Crippen molar-refractivity contribution in [1.29, 1.82) is 0 Å². The minimum atomic E-state index is -0.395. The quantitative estimate of drug-likeness (QED) is 0.472. The molecule has 0 aromatic carbocycles. The SMILES string of the molecule is C=CC(=O)OCC1CCC=CO1. The number of hydrogen-bond acceptors (Lipinski definition) is 3. The Balaban J connectivity index is 2.18. The average Bonchev–Trinajstić information content (AvgIpc) is 2.16. The van der Waals surface area contributed by atoms with Crippen LogP contribution in [0.3, 0.4) is 0 Å². The molecule has 0 amide bonds. The summed E-state index contributed by atoms with van der Waals surface area (Å²) in [5.41, 5.74) is 0. The molecule has 0 bridgehead atoms. The molecule has 1 atom stereocenters. The molecule has 0 saturated heterocycles. The Morgan fingerprint density at radius 1 is 1.83 bits per heavy atom. The first kappa shape index (κ1) is 8.84. The van der Waals surface area contributed by atoms with E-state index in [0.717, 1.165) is 18.9 Å². The van der Waals surface area contributed by atoms with Gasteiger partial charge in [0.1, 0.15) is 12.7 Å². The van der Waals surface area contributed by atoms with E-state index in [0.29, 0.717) is 6.61 Å². The van der Waals surface area contributed by atoms with Crippen LogP contribution in [-0.4, -0.2) is 18.7 Å². The normalized spacial score (nSPS) is 21.2. The third-order valence-electron chi connectivity index (χ3n) is 1.60. The van der Waals surface area contributed by atoms with Crippen molar-refractivity contribution < 1.29 is 14.3 Å². The number of esters is 1. The fourth-order valence-electron chi connectivity index (χ4n) is 0.941. The van der Waals surface area contributed by atoms with Gasteiger partial charge in [-0.3, -0.25) is 0 Å². The minimum Gasteiger partial charge on any atom is -0.495 e. The molecule has 1 rings (SSSR count). The maximum Gasteiger partial charge on any atom is 0.330 e. The van der Waals surface area contributed by atoms with Crippen LogP contribution in [-0.2, 0) is 14.3 Å². The van der Waals surface area contributed by atoms with Gasteiger partial charge in [0.15, 0.2) is 0 Å². The van der Waals surface area contributed by atoms with Crippen molar-refractivity contribution >= 4 is 5.97 Å². The van der Waals surface area contributed by atoms with E-state index >= 15 is 0 Å². The number of rotatable bonds is 3. The maximum atomic E-state index is 10.6. The van der Waals surface area contributed by atoms with Crippen LogP contribution in [0.15, 0.2) is 25.0 Å². The molecule has 3 heteroatoms. The van der Waals surface area contributed by atoms with Crippen LogP contribution >= 0.6 is 0 Å². The van der Waals surface area contributed by atoms with Crippen molar-refractivity contribution in [2.45, 2.75) is 18.9 Å². The molecular weight excluding hydrogens is 156 g/mol. The highest BCUT2D eigenvalue weighted by atomic mass is 16.6. The lowest BCUT2D eigenvalue weighted by Crippen LogP contribution is -2.21. The van der Waals surface area contributed by atoms with Crippen molar-refractivity contribution in [2.75, 3.05) is 6.61 Å². The van der Waals surface area contributed by atoms with Gasteiger partial charge in [0.25, 0.3) is 0 Å². The van der Waals surface area contributed by atoms with Crippen LogP contribution in [0.4, 0.5) is 0 Å². The molecule has 0 aliphatic carbocycles. The topological polar surface area (TPSA) is 35.5 Å². The predicted octanol–water partition coefficient (Wildman–Crippen LogP) is 1.41. The monoisotopic (exact) mass is 168 g/mol. The highest BCUT2D eigenvalue weighted by molar-refractivity contribution is 5.81. The molecule has 66 valence electrons. The van der Waals surface area contributed by atoms with Crippen LogP contribution in [0.5, 0.6) is 0 Å². The van der Waals surface area contributed by atoms with Gasteiger partial charge in [-0.2, -0.15) is 0 Å². The minimum absolute atomic E-state index is 0.0129. The summed E-state index contributed by atoms with van der Waals surface area (Å²) in [7, 11) is 0. The van der Waals surface area contributed by atoms with Crippen molar-refractivity contribution in [2.24, 2.45) is 0 Å². The Labute approximate surface area is 71.7 Å². The van der Waals surface area contributed by atoms with E-state index in [9.17, 15) is 4.79 Å². The lowest BCUT2D eigenvalue weighted by Gasteiger charge is -2.18. The zero-order valence-electron chi connectivity index (χ0n) is 6.86. The molecule has 0 saturated carbocycles. The number of allylic oxidation sites excluding steroid dienone is 1. The molecule has 1 aliphatic heterocycles. The number of ether oxygens (including phenoxy) is 2. The Hall–Kier alpha value is -1.25. The van der Waals surface area contributed by atoms with Gasteiger partial charge < -0.3 is 9.47 Å². The average molecular weight is 168 g/mol. The summed E-state index contributed by atoms with van der Waals surface area (Å²) >= 11 is 0. The molecule has 0 aromatic rings. The zero-order valence-corrected chi connectivity index (χ0v) is 6.86. The largest absolute Gasteiger partial charge is 0.495 e. The fourth-order valence-corrected chi connectivity index (χ4v) is 0.941. The molecule has 0 aromatic heterocycles. The van der Waals surface area contributed by atoms with E-state index in [1.54, 1.807) is 6.26 Å². The highest BCUT2D eigenvalue weighted by Gasteiger charge is 2.12. The van der Waals surface area contributed by atoms with Gasteiger partial charge in [0.2, 0.25) is 0 Å². The Kier molecular flexibility index (Phi) is 3.38. The second-order valence-electron chi connectivity index (χ2n) is 2.54. The number of hydrogen-bond donors (Lipinski definition) is 0. The molecule has 0 radical (unpaired) electrons. The van der Waals surface area contributed by atoms with Crippen LogP contribution in [0.1, 0.15) is 12.8 Å². The lowest BCUT2D eigenvalue weighted by atomic mass is 10.2. The highest BCUT2D eigenvalue weighted by Crippen LogP contribution is 2.10. The summed E-state index contributed by atoms with van der Waals surface area (Å²) in [6.07, 6.45) is 6.65. The third-order valence-corrected chi connectivity index (χ3v) is 1.60. The summed E-state index contributed by atoms with van der Waals surface area (Å²) < 4.78 is 10.00. The second kappa shape index (κ2) is 4.59. The summed E-state index contributed by atoms with van der Waals surface area (Å²) in [6, 6.07) is 0. The van der Waals surface area contributed by atoms with E-state index in [2.05, 4.69) is 6.58 Å². The van der Waals surface area contributed by atoms with Gasteiger partial charge in [-0.1, -0.05) is 6.58 Å². The van der Waals surface area contributed by atoms with Crippen molar-refractivity contribution in [3.8, 4) is 0 Å². The molecule has 1 aliphatic rings. The van der Waals surface area contributed by atoms with Gasteiger partial charge in [-0.25, -0.2) is 4.79 Å². The van der Waals surface area contributed by atoms with Gasteiger partial charge in [0, 0.05) is 6.08 Å². The first-order chi connectivity index (χ1) is 5.83. The first-order valence-corrected chi connectivity index (χ1v) is 3.92. The van der Waals surface area contributed by atoms with E-state index in [1.165, 1.54) is 0 Å². The van der Waals surface area contributed by atoms with Gasteiger partial charge in [-0.05, 0) is 18.9 Å². The second-order valence-corrected chi connectivity index (χ2v) is 2.54. The molecule has 0 spiro atoms. The number of carbonyl (C=O) groups excluding carboxylic acids is 1. The first-order valence-electron chi connectivity index (χ1n) is 3.92. The number of carbonyl (C=O) groups is 1. The van der Waals surface area contributed by atoms with Crippen molar-refractivity contribution in [3.05, 3.63) is 25.0 Å². The molecule has 1 heterocycles. The summed E-state index contributed by atoms with van der Waals surface area (Å²) in [5.74, 6) is -0.395. The fraction of sp³-hybridized carbons (Fsp3) is 0.444. The molecule has 1 unspecified atom stereocenters. The van der Waals surface area contributed by atoms with E-state index in [4.69, 9.17) is 9.47 Å². The van der Waals surface area contributed by atoms with Crippen LogP contribution in [0, 0.1) is 0 Å². The van der Waals surface area contributed by atoms with Crippen molar-refractivity contribution in [1.82, 2.24) is 0 Å². The van der Waals surface area contributed by atoms with E-state index in [1.807, 2.05) is 6.08 Å². The maximum absolute atomic E-state index is 10.6. The van der Waals surface area contributed by atoms with Crippen molar-refractivity contribution in [3.63, 3.8) is 0 Å². The van der Waals surface area contributed by atoms with Gasteiger partial charge >= 0.3 is 5.97 Å². The Morgan fingerprint density at radius 2 is 2.67 bits per heavy atom. The van der Waals surface area contributed by atoms with E-state index < -0.39 is 5.97 Å². The zero-order chi connectivity index (χ0) is 8.81. The summed E-state index contributed by atoms with van der Waals surface area (Å²) in [4.78, 5) is 10.6. The van der Waals surface area contributed by atoms with Crippen LogP contribution in [0.2, 0.25) is 0 Å². The third kappa shape index (κ3) is 2.78. The summed E-state index contributed by atoms with van der Waals surface area (Å²) in [5, 5.41) is 0. The standard InChI is InChI=1S/C9H12O3/c1-2-9(10)12-7-8-5-3-4-6-11-8/h2,4,6,8H,1,3,5,7H2. The lowest BCUT2D eigenvalue weighted by molar-refractivity contribution is -0.141. The molecule has 0 fully saturated rings. The molecule has 12 heavy (non-hydrogen) atoms. The smallest absolute Gasteiger partial charge is 0.330 e. The molecule has 0 N–H and O–H groups in total. The predicted molar refractivity (Wildman–Crippen MR) is 44.4 cm³/mol. The van der Waals surface area contributed by atoms with Crippen LogP contribution < -0.4 is 0 Å². The Morgan fingerprint density at radius 3 is 3.25 bits per heavy atom.